The van der Waals surface area contributed by atoms with E-state index in [0.29, 0.717) is 0 Å². The summed E-state index contributed by atoms with van der Waals surface area (Å²) in [5.74, 6) is 0. The normalized spacial score (nSPS) is 30.0. The quantitative estimate of drug-likeness (QED) is 0.733. The Labute approximate surface area is 78.1 Å². The van der Waals surface area contributed by atoms with Crippen molar-refractivity contribution in [1.82, 2.24) is 4.90 Å². The van der Waals surface area contributed by atoms with Gasteiger partial charge in [0, 0.05) is 12.1 Å². The second-order valence-electron chi connectivity index (χ2n) is 3.91. The Bertz CT molecular complexity index is 153. The van der Waals surface area contributed by atoms with E-state index in [-0.39, 0.29) is 18.6 Å². The van der Waals surface area contributed by atoms with Gasteiger partial charge >= 0.3 is 0 Å². The summed E-state index contributed by atoms with van der Waals surface area (Å²) in [6, 6.07) is 0.469. The molecule has 0 saturated heterocycles. The topological polar surface area (TPSA) is 29.3 Å². The molecule has 0 radical (unpaired) electrons. The Morgan fingerprint density at radius 2 is 2.15 bits per heavy atom. The predicted octanol–water partition coefficient (Wildman–Crippen LogP) is 1.45. The van der Waals surface area contributed by atoms with E-state index in [1.54, 1.807) is 11.9 Å². The minimum atomic E-state index is -2.23. The summed E-state index contributed by atoms with van der Waals surface area (Å²) in [7, 11) is 1.76. The van der Waals surface area contributed by atoms with Crippen LogP contribution in [0.15, 0.2) is 0 Å². The maximum Gasteiger partial charge on any atom is 0.251 e. The molecule has 1 aliphatic rings. The SMILES string of the molecule is CN(CC(F)F)C1CCCC(N)C1. The standard InChI is InChI=1S/C9H18F2N2/c1-13(6-9(10)11)8-4-2-3-7(12)5-8/h7-9H,2-6,12H2,1H3. The van der Waals surface area contributed by atoms with Crippen LogP contribution in [0.2, 0.25) is 0 Å². The van der Waals surface area contributed by atoms with Gasteiger partial charge in [-0.1, -0.05) is 6.42 Å². The van der Waals surface area contributed by atoms with Gasteiger partial charge in [-0.15, -0.1) is 0 Å². The average Bonchev–Trinajstić information content (AvgIpc) is 2.03. The summed E-state index contributed by atoms with van der Waals surface area (Å²) in [6.07, 6.45) is 1.75. The van der Waals surface area contributed by atoms with Crippen LogP contribution in [0, 0.1) is 0 Å². The van der Waals surface area contributed by atoms with Crippen LogP contribution >= 0.6 is 0 Å². The molecule has 13 heavy (non-hydrogen) atoms. The fraction of sp³-hybridized carbons (Fsp3) is 1.00. The molecule has 2 N–H and O–H groups in total. The van der Waals surface area contributed by atoms with Crippen molar-refractivity contribution >= 4 is 0 Å². The minimum absolute atomic E-state index is 0.128. The van der Waals surface area contributed by atoms with Gasteiger partial charge in [-0.25, -0.2) is 8.78 Å². The maximum atomic E-state index is 12.1. The first-order chi connectivity index (χ1) is 6.09. The predicted molar refractivity (Wildman–Crippen MR) is 48.9 cm³/mol. The molecule has 0 aliphatic heterocycles. The molecule has 1 fully saturated rings. The first-order valence-electron chi connectivity index (χ1n) is 4.83. The first kappa shape index (κ1) is 10.9. The van der Waals surface area contributed by atoms with Gasteiger partial charge < -0.3 is 5.73 Å². The van der Waals surface area contributed by atoms with Crippen molar-refractivity contribution in [2.45, 2.75) is 44.2 Å². The molecule has 1 saturated carbocycles. The van der Waals surface area contributed by atoms with Gasteiger partial charge in [0.05, 0.1) is 6.54 Å². The van der Waals surface area contributed by atoms with Crippen LogP contribution in [0.3, 0.4) is 0 Å². The molecule has 4 heteroatoms. The summed E-state index contributed by atoms with van der Waals surface area (Å²) in [5, 5.41) is 0. The van der Waals surface area contributed by atoms with Gasteiger partial charge in [0.2, 0.25) is 0 Å². The van der Waals surface area contributed by atoms with Gasteiger partial charge in [0.25, 0.3) is 6.43 Å². The second-order valence-corrected chi connectivity index (χ2v) is 3.91. The Kier molecular flexibility index (Phi) is 4.06. The molecule has 2 nitrogen and oxygen atoms in total. The number of nitrogens with two attached hydrogens (primary N) is 1. The number of hydrogen-bond acceptors (Lipinski definition) is 2. The van der Waals surface area contributed by atoms with Crippen molar-refractivity contribution in [1.29, 1.82) is 0 Å². The Morgan fingerprint density at radius 1 is 1.46 bits per heavy atom. The van der Waals surface area contributed by atoms with Crippen LogP contribution in [0.25, 0.3) is 0 Å². The summed E-state index contributed by atoms with van der Waals surface area (Å²) in [5.41, 5.74) is 5.78. The molecular formula is C9H18F2N2. The number of hydrogen-bond donors (Lipinski definition) is 1. The molecule has 0 aromatic carbocycles. The summed E-state index contributed by atoms with van der Waals surface area (Å²) >= 11 is 0. The number of rotatable bonds is 3. The van der Waals surface area contributed by atoms with Gasteiger partial charge in [0.1, 0.15) is 0 Å². The van der Waals surface area contributed by atoms with Crippen molar-refractivity contribution in [3.05, 3.63) is 0 Å². The van der Waals surface area contributed by atoms with E-state index >= 15 is 0 Å². The Balaban J connectivity index is 2.32. The van der Waals surface area contributed by atoms with E-state index in [0.717, 1.165) is 25.7 Å². The summed E-state index contributed by atoms with van der Waals surface area (Å²) in [6.45, 7) is -0.128. The number of halogens is 2. The maximum absolute atomic E-state index is 12.1. The molecule has 0 aromatic rings. The highest BCUT2D eigenvalue weighted by molar-refractivity contribution is 4.80. The highest BCUT2D eigenvalue weighted by Gasteiger charge is 2.23. The fourth-order valence-corrected chi connectivity index (χ4v) is 1.97. The van der Waals surface area contributed by atoms with Crippen LogP contribution in [0.1, 0.15) is 25.7 Å². The highest BCUT2D eigenvalue weighted by atomic mass is 19.3. The number of nitrogens with zero attached hydrogens (tertiary/aromatic N) is 1. The largest absolute Gasteiger partial charge is 0.328 e. The highest BCUT2D eigenvalue weighted by Crippen LogP contribution is 2.21. The van der Waals surface area contributed by atoms with Crippen LogP contribution in [0.5, 0.6) is 0 Å². The lowest BCUT2D eigenvalue weighted by atomic mass is 9.91. The van der Waals surface area contributed by atoms with E-state index in [1.807, 2.05) is 0 Å². The van der Waals surface area contributed by atoms with Crippen molar-refractivity contribution in [3.8, 4) is 0 Å². The van der Waals surface area contributed by atoms with Crippen LogP contribution < -0.4 is 5.73 Å². The zero-order valence-corrected chi connectivity index (χ0v) is 8.05. The Morgan fingerprint density at radius 3 is 2.69 bits per heavy atom. The molecule has 1 rings (SSSR count). The molecule has 0 bridgehead atoms. The van der Waals surface area contributed by atoms with Crippen molar-refractivity contribution in [2.75, 3.05) is 13.6 Å². The molecule has 0 spiro atoms. The summed E-state index contributed by atoms with van der Waals surface area (Å²) < 4.78 is 24.1. The van der Waals surface area contributed by atoms with Gasteiger partial charge in [0.15, 0.2) is 0 Å². The van der Waals surface area contributed by atoms with E-state index < -0.39 is 6.43 Å². The molecule has 2 unspecified atom stereocenters. The minimum Gasteiger partial charge on any atom is -0.328 e. The molecule has 0 amide bonds. The third-order valence-corrected chi connectivity index (χ3v) is 2.74. The first-order valence-corrected chi connectivity index (χ1v) is 4.83. The third-order valence-electron chi connectivity index (χ3n) is 2.74. The van der Waals surface area contributed by atoms with Crippen LogP contribution in [0.4, 0.5) is 8.78 Å². The fourth-order valence-electron chi connectivity index (χ4n) is 1.97. The summed E-state index contributed by atoms with van der Waals surface area (Å²) in [4.78, 5) is 1.74. The lowest BCUT2D eigenvalue weighted by Crippen LogP contribution is -2.42. The van der Waals surface area contributed by atoms with Gasteiger partial charge in [-0.05, 0) is 26.3 Å². The molecular weight excluding hydrogens is 174 g/mol. The Hall–Kier alpha value is -0.220. The van der Waals surface area contributed by atoms with Crippen LogP contribution in [-0.2, 0) is 0 Å². The lowest BCUT2D eigenvalue weighted by Gasteiger charge is -2.33. The smallest absolute Gasteiger partial charge is 0.251 e. The van der Waals surface area contributed by atoms with E-state index in [4.69, 9.17) is 5.73 Å². The van der Waals surface area contributed by atoms with Gasteiger partial charge in [-0.3, -0.25) is 4.90 Å². The van der Waals surface area contributed by atoms with Crippen molar-refractivity contribution in [3.63, 3.8) is 0 Å². The van der Waals surface area contributed by atoms with E-state index in [1.165, 1.54) is 0 Å². The van der Waals surface area contributed by atoms with Gasteiger partial charge in [-0.2, -0.15) is 0 Å². The monoisotopic (exact) mass is 192 g/mol. The molecule has 0 aromatic heterocycles. The van der Waals surface area contributed by atoms with Crippen LogP contribution in [-0.4, -0.2) is 37.0 Å². The zero-order valence-electron chi connectivity index (χ0n) is 8.05. The molecule has 1 aliphatic carbocycles. The molecule has 2 atom stereocenters. The number of alkyl halides is 2. The van der Waals surface area contributed by atoms with Crippen molar-refractivity contribution in [2.24, 2.45) is 5.73 Å². The zero-order chi connectivity index (χ0) is 9.84. The van der Waals surface area contributed by atoms with E-state index in [9.17, 15) is 8.78 Å². The molecule has 78 valence electrons. The second kappa shape index (κ2) is 4.86. The third kappa shape index (κ3) is 3.56. The van der Waals surface area contributed by atoms with Crippen molar-refractivity contribution < 1.29 is 8.78 Å². The average molecular weight is 192 g/mol. The molecule has 0 heterocycles. The lowest BCUT2D eigenvalue weighted by molar-refractivity contribution is 0.0683. The van der Waals surface area contributed by atoms with E-state index in [2.05, 4.69) is 0 Å².